The lowest BCUT2D eigenvalue weighted by atomic mass is 10.1. The van der Waals surface area contributed by atoms with Gasteiger partial charge in [0, 0.05) is 5.56 Å². The molecular weight excluding hydrogens is 208 g/mol. The number of ketones is 1. The molecule has 0 unspecified atom stereocenters. The largest absolute Gasteiger partial charge is 0.490 e. The Morgan fingerprint density at radius 1 is 1.44 bits per heavy atom. The molecule has 1 atom stereocenters. The molecule has 0 radical (unpaired) electrons. The molecule has 4 nitrogen and oxygen atoms in total. The fraction of sp³-hybridized carbons (Fsp3) is 0.333. The third-order valence-electron chi connectivity index (χ3n) is 2.04. The molecule has 0 aliphatic heterocycles. The molecule has 1 aromatic carbocycles. The number of rotatable bonds is 5. The molecule has 0 aromatic heterocycles. The van der Waals surface area contributed by atoms with Gasteiger partial charge in [-0.1, -0.05) is 12.1 Å². The summed E-state index contributed by atoms with van der Waals surface area (Å²) in [5, 5.41) is 8.57. The zero-order valence-electron chi connectivity index (χ0n) is 9.27. The fourth-order valence-electron chi connectivity index (χ4n) is 1.31. The summed E-state index contributed by atoms with van der Waals surface area (Å²) in [5.74, 6) is -0.437. The lowest BCUT2D eigenvalue weighted by Gasteiger charge is -2.12. The van der Waals surface area contributed by atoms with Crippen LogP contribution in [0, 0.1) is 0 Å². The van der Waals surface area contributed by atoms with Crippen molar-refractivity contribution in [3.05, 3.63) is 29.8 Å². The van der Waals surface area contributed by atoms with Gasteiger partial charge in [0.2, 0.25) is 0 Å². The maximum absolute atomic E-state index is 11.1. The number of hydrogen-bond donors (Lipinski definition) is 1. The quantitative estimate of drug-likeness (QED) is 0.775. The van der Waals surface area contributed by atoms with Crippen molar-refractivity contribution in [1.82, 2.24) is 0 Å². The van der Waals surface area contributed by atoms with Crippen LogP contribution in [0.3, 0.4) is 0 Å². The van der Waals surface area contributed by atoms with Crippen LogP contribution in [0.1, 0.15) is 30.6 Å². The number of benzene rings is 1. The van der Waals surface area contributed by atoms with E-state index in [1.165, 1.54) is 6.92 Å². The Labute approximate surface area is 93.9 Å². The average Bonchev–Trinajstić information content (AvgIpc) is 2.16. The Morgan fingerprint density at radius 3 is 2.69 bits per heavy atom. The molecule has 0 fully saturated rings. The first-order valence-electron chi connectivity index (χ1n) is 4.98. The molecule has 1 N–H and O–H groups in total. The normalized spacial score (nSPS) is 11.9. The summed E-state index contributed by atoms with van der Waals surface area (Å²) < 4.78 is 5.38. The lowest BCUT2D eigenvalue weighted by molar-refractivity contribution is -0.138. The predicted molar refractivity (Wildman–Crippen MR) is 58.8 cm³/mol. The van der Waals surface area contributed by atoms with Crippen LogP contribution in [0.25, 0.3) is 0 Å². The maximum atomic E-state index is 11.1. The van der Waals surface area contributed by atoms with Gasteiger partial charge < -0.3 is 9.84 Å². The van der Waals surface area contributed by atoms with Gasteiger partial charge in [-0.2, -0.15) is 0 Å². The molecule has 16 heavy (non-hydrogen) atoms. The summed E-state index contributed by atoms with van der Waals surface area (Å²) in [6.07, 6.45) is -0.482. The Hall–Kier alpha value is -1.84. The third kappa shape index (κ3) is 3.73. The SMILES string of the molecule is CC(=O)c1cccc(O[C@H](C)CC(=O)O)c1. The number of hydrogen-bond acceptors (Lipinski definition) is 3. The second-order valence-corrected chi connectivity index (χ2v) is 3.61. The molecular formula is C12H14O4. The summed E-state index contributed by atoms with van der Waals surface area (Å²) in [6, 6.07) is 6.71. The van der Waals surface area contributed by atoms with Gasteiger partial charge in [-0.3, -0.25) is 9.59 Å². The van der Waals surface area contributed by atoms with Gasteiger partial charge in [0.05, 0.1) is 6.42 Å². The summed E-state index contributed by atoms with van der Waals surface area (Å²) in [5.41, 5.74) is 0.556. The molecule has 0 saturated heterocycles. The Morgan fingerprint density at radius 2 is 2.12 bits per heavy atom. The zero-order chi connectivity index (χ0) is 12.1. The van der Waals surface area contributed by atoms with Crippen LogP contribution < -0.4 is 4.74 Å². The highest BCUT2D eigenvalue weighted by molar-refractivity contribution is 5.94. The van der Waals surface area contributed by atoms with Crippen molar-refractivity contribution in [2.24, 2.45) is 0 Å². The van der Waals surface area contributed by atoms with Crippen LogP contribution in [0.2, 0.25) is 0 Å². The van der Waals surface area contributed by atoms with Crippen LogP contribution in [0.5, 0.6) is 5.75 Å². The number of Topliss-reactive ketones (excluding diaryl/α,β-unsaturated/α-hetero) is 1. The maximum Gasteiger partial charge on any atom is 0.307 e. The van der Waals surface area contributed by atoms with Gasteiger partial charge in [-0.15, -0.1) is 0 Å². The predicted octanol–water partition coefficient (Wildman–Crippen LogP) is 2.13. The topological polar surface area (TPSA) is 63.6 Å². The molecule has 1 aromatic rings. The van der Waals surface area contributed by atoms with E-state index < -0.39 is 12.1 Å². The van der Waals surface area contributed by atoms with Crippen molar-refractivity contribution in [3.8, 4) is 5.75 Å². The second kappa shape index (κ2) is 5.30. The van der Waals surface area contributed by atoms with Crippen LogP contribution in [0.15, 0.2) is 24.3 Å². The van der Waals surface area contributed by atoms with Crippen molar-refractivity contribution in [2.45, 2.75) is 26.4 Å². The van der Waals surface area contributed by atoms with Gasteiger partial charge in [-0.05, 0) is 26.0 Å². The van der Waals surface area contributed by atoms with E-state index in [0.717, 1.165) is 0 Å². The van der Waals surface area contributed by atoms with Crippen molar-refractivity contribution < 1.29 is 19.4 Å². The van der Waals surface area contributed by atoms with Crippen LogP contribution in [0.4, 0.5) is 0 Å². The van der Waals surface area contributed by atoms with E-state index >= 15 is 0 Å². The van der Waals surface area contributed by atoms with Crippen molar-refractivity contribution >= 4 is 11.8 Å². The summed E-state index contributed by atoms with van der Waals surface area (Å²) >= 11 is 0. The number of carboxylic acid groups (broad SMARTS) is 1. The van der Waals surface area contributed by atoms with E-state index in [9.17, 15) is 9.59 Å². The summed E-state index contributed by atoms with van der Waals surface area (Å²) in [4.78, 5) is 21.6. The monoisotopic (exact) mass is 222 g/mol. The lowest BCUT2D eigenvalue weighted by Crippen LogP contribution is -2.16. The van der Waals surface area contributed by atoms with Crippen LogP contribution >= 0.6 is 0 Å². The standard InChI is InChI=1S/C12H14O4/c1-8(6-12(14)15)16-11-5-3-4-10(7-11)9(2)13/h3-5,7-8H,6H2,1-2H3,(H,14,15)/t8-/m1/s1. The van der Waals surface area contributed by atoms with E-state index in [1.807, 2.05) is 0 Å². The highest BCUT2D eigenvalue weighted by atomic mass is 16.5. The smallest absolute Gasteiger partial charge is 0.307 e. The van der Waals surface area contributed by atoms with E-state index in [1.54, 1.807) is 31.2 Å². The molecule has 0 aliphatic carbocycles. The molecule has 0 spiro atoms. The van der Waals surface area contributed by atoms with E-state index in [2.05, 4.69) is 0 Å². The number of carboxylic acids is 1. The number of aliphatic carboxylic acids is 1. The third-order valence-corrected chi connectivity index (χ3v) is 2.04. The fourth-order valence-corrected chi connectivity index (χ4v) is 1.31. The number of carbonyl (C=O) groups excluding carboxylic acids is 1. The van der Waals surface area contributed by atoms with Crippen molar-refractivity contribution in [3.63, 3.8) is 0 Å². The van der Waals surface area contributed by atoms with Crippen molar-refractivity contribution in [2.75, 3.05) is 0 Å². The number of carbonyl (C=O) groups is 2. The highest BCUT2D eigenvalue weighted by Crippen LogP contribution is 2.16. The van der Waals surface area contributed by atoms with Crippen LogP contribution in [-0.2, 0) is 4.79 Å². The Bertz CT molecular complexity index is 398. The highest BCUT2D eigenvalue weighted by Gasteiger charge is 2.09. The Balaban J connectivity index is 2.70. The molecule has 86 valence electrons. The molecule has 0 heterocycles. The molecule has 4 heteroatoms. The van der Waals surface area contributed by atoms with Gasteiger partial charge >= 0.3 is 5.97 Å². The van der Waals surface area contributed by atoms with E-state index in [-0.39, 0.29) is 12.2 Å². The minimum absolute atomic E-state index is 0.0451. The molecule has 0 bridgehead atoms. The minimum atomic E-state index is -0.907. The van der Waals surface area contributed by atoms with Gasteiger partial charge in [0.15, 0.2) is 5.78 Å². The molecule has 0 amide bonds. The average molecular weight is 222 g/mol. The summed E-state index contributed by atoms with van der Waals surface area (Å²) in [7, 11) is 0. The van der Waals surface area contributed by atoms with E-state index in [0.29, 0.717) is 11.3 Å². The van der Waals surface area contributed by atoms with Crippen molar-refractivity contribution in [1.29, 1.82) is 0 Å². The van der Waals surface area contributed by atoms with E-state index in [4.69, 9.17) is 9.84 Å². The Kier molecular flexibility index (Phi) is 4.05. The first-order chi connectivity index (χ1) is 7.49. The minimum Gasteiger partial charge on any atom is -0.490 e. The first-order valence-corrected chi connectivity index (χ1v) is 4.98. The van der Waals surface area contributed by atoms with Gasteiger partial charge in [0.25, 0.3) is 0 Å². The zero-order valence-corrected chi connectivity index (χ0v) is 9.27. The molecule has 0 saturated carbocycles. The van der Waals surface area contributed by atoms with Crippen LogP contribution in [-0.4, -0.2) is 23.0 Å². The van der Waals surface area contributed by atoms with Gasteiger partial charge in [-0.25, -0.2) is 0 Å². The second-order valence-electron chi connectivity index (χ2n) is 3.61. The summed E-state index contributed by atoms with van der Waals surface area (Å²) in [6.45, 7) is 3.15. The number of ether oxygens (including phenoxy) is 1. The first kappa shape index (κ1) is 12.2. The molecule has 0 aliphatic rings. The molecule has 1 rings (SSSR count). The van der Waals surface area contributed by atoms with Gasteiger partial charge in [0.1, 0.15) is 11.9 Å².